The first-order chi connectivity index (χ1) is 17.7. The molecule has 0 radical (unpaired) electrons. The highest BCUT2D eigenvalue weighted by molar-refractivity contribution is 7.45. The fourth-order valence-electron chi connectivity index (χ4n) is 4.03. The second kappa shape index (κ2) is 12.2. The fourth-order valence-corrected chi connectivity index (χ4v) is 5.11. The number of nitrogens with two attached hydrogens (primary N) is 1. The van der Waals surface area contributed by atoms with Gasteiger partial charge in [-0.3, -0.25) is 4.79 Å². The Morgan fingerprint density at radius 2 is 2.00 bits per heavy atom. The molecule has 0 saturated carbocycles. The molecule has 1 fully saturated rings. The monoisotopic (exact) mass is 529 g/mol. The van der Waals surface area contributed by atoms with Crippen molar-refractivity contribution in [1.82, 2.24) is 19.7 Å². The lowest BCUT2D eigenvalue weighted by Crippen LogP contribution is -2.25. The lowest BCUT2D eigenvalue weighted by Gasteiger charge is -2.22. The van der Waals surface area contributed by atoms with Gasteiger partial charge >= 0.3 is 14.5 Å². The third-order valence-corrected chi connectivity index (χ3v) is 7.23. The van der Waals surface area contributed by atoms with Crippen LogP contribution in [0.2, 0.25) is 0 Å². The van der Waals surface area contributed by atoms with Gasteiger partial charge in [-0.2, -0.15) is 5.10 Å². The predicted molar refractivity (Wildman–Crippen MR) is 142 cm³/mol. The van der Waals surface area contributed by atoms with Gasteiger partial charge in [-0.15, -0.1) is 0 Å². The van der Waals surface area contributed by atoms with Crippen LogP contribution in [0, 0.1) is 0 Å². The maximum Gasteiger partial charge on any atom is 0.320 e. The SMILES string of the molecule is CCCOC(=O)CNP(OCC1CCC(c2ccc3c(N)ncnn23)O1)Oc1ccc(C(C)(C)C)cc1. The van der Waals surface area contributed by atoms with Gasteiger partial charge in [0.1, 0.15) is 30.2 Å². The third-order valence-electron chi connectivity index (χ3n) is 6.05. The van der Waals surface area contributed by atoms with Crippen molar-refractivity contribution in [2.45, 2.75) is 64.6 Å². The molecule has 0 aliphatic carbocycles. The van der Waals surface area contributed by atoms with E-state index in [9.17, 15) is 4.79 Å². The van der Waals surface area contributed by atoms with E-state index in [2.05, 4.69) is 35.9 Å². The highest BCUT2D eigenvalue weighted by Gasteiger charge is 2.30. The molecule has 200 valence electrons. The Labute approximate surface area is 218 Å². The zero-order chi connectivity index (χ0) is 26.4. The molecule has 3 atom stereocenters. The van der Waals surface area contributed by atoms with Crippen LogP contribution in [-0.2, 0) is 24.2 Å². The second-order valence-electron chi connectivity index (χ2n) is 10.00. The number of nitrogens with zero attached hydrogens (tertiary/aromatic N) is 3. The summed E-state index contributed by atoms with van der Waals surface area (Å²) < 4.78 is 25.4. The highest BCUT2D eigenvalue weighted by Crippen LogP contribution is 2.39. The Bertz CT molecular complexity index is 1180. The van der Waals surface area contributed by atoms with Crippen LogP contribution in [-0.4, -0.2) is 46.4 Å². The van der Waals surface area contributed by atoms with E-state index in [0.717, 1.165) is 30.5 Å². The van der Waals surface area contributed by atoms with Crippen molar-refractivity contribution >= 4 is 25.8 Å². The molecule has 4 rings (SSSR count). The topological polar surface area (TPSA) is 122 Å². The first kappa shape index (κ1) is 27.3. The van der Waals surface area contributed by atoms with Crippen molar-refractivity contribution in [2.75, 3.05) is 25.5 Å². The molecule has 3 heterocycles. The van der Waals surface area contributed by atoms with E-state index in [-0.39, 0.29) is 30.1 Å². The van der Waals surface area contributed by atoms with E-state index in [0.29, 0.717) is 24.8 Å². The minimum atomic E-state index is -1.60. The van der Waals surface area contributed by atoms with Crippen molar-refractivity contribution in [3.8, 4) is 5.75 Å². The van der Waals surface area contributed by atoms with Crippen LogP contribution in [0.3, 0.4) is 0 Å². The third kappa shape index (κ3) is 7.17. The minimum absolute atomic E-state index is 0.00278. The molecule has 0 bridgehead atoms. The van der Waals surface area contributed by atoms with Gasteiger partial charge in [0.2, 0.25) is 0 Å². The minimum Gasteiger partial charge on any atom is -0.465 e. The first-order valence-electron chi connectivity index (χ1n) is 12.6. The zero-order valence-corrected chi connectivity index (χ0v) is 22.7. The molecular weight excluding hydrogens is 493 g/mol. The number of ether oxygens (including phenoxy) is 2. The largest absolute Gasteiger partial charge is 0.465 e. The van der Waals surface area contributed by atoms with Crippen LogP contribution in [0.1, 0.15) is 64.3 Å². The summed E-state index contributed by atoms with van der Waals surface area (Å²) >= 11 is 0. The maximum absolute atomic E-state index is 12.0. The maximum atomic E-state index is 12.0. The van der Waals surface area contributed by atoms with E-state index in [4.69, 9.17) is 24.3 Å². The molecule has 0 spiro atoms. The highest BCUT2D eigenvalue weighted by atomic mass is 31.2. The molecular formula is C26H36N5O5P. The standard InChI is InChI=1S/C26H36N5O5P/c1-5-14-33-24(32)15-30-37(36-19-8-6-18(7-9-19)26(2,3)4)34-16-20-10-13-23(35-20)21-11-12-22-25(27)28-17-29-31(21)22/h6-9,11-12,17,20,23,30H,5,10,13-16H2,1-4H3,(H2,27,28,29). The molecule has 3 unspecified atom stereocenters. The lowest BCUT2D eigenvalue weighted by atomic mass is 9.87. The van der Waals surface area contributed by atoms with Gasteiger partial charge in [-0.1, -0.05) is 39.8 Å². The second-order valence-corrected chi connectivity index (χ2v) is 11.3. The van der Waals surface area contributed by atoms with Crippen LogP contribution in [0.15, 0.2) is 42.7 Å². The average Bonchev–Trinajstić information content (AvgIpc) is 3.52. The van der Waals surface area contributed by atoms with Crippen LogP contribution in [0.25, 0.3) is 5.52 Å². The van der Waals surface area contributed by atoms with E-state index in [1.54, 1.807) is 4.52 Å². The van der Waals surface area contributed by atoms with Crippen molar-refractivity contribution in [3.63, 3.8) is 0 Å². The Hall–Kier alpha value is -2.78. The molecule has 1 saturated heterocycles. The van der Waals surface area contributed by atoms with E-state index < -0.39 is 8.53 Å². The number of fused-ring (bicyclic) bond motifs is 1. The average molecular weight is 530 g/mol. The molecule has 1 aliphatic heterocycles. The smallest absolute Gasteiger partial charge is 0.320 e. The Kier molecular flexibility index (Phi) is 8.97. The number of carbonyl (C=O) groups excluding carboxylic acids is 1. The summed E-state index contributed by atoms with van der Waals surface area (Å²) in [5.41, 5.74) is 8.90. The van der Waals surface area contributed by atoms with E-state index in [1.807, 2.05) is 43.3 Å². The summed E-state index contributed by atoms with van der Waals surface area (Å²) in [6.07, 6.45) is 3.61. The molecule has 1 aromatic carbocycles. The summed E-state index contributed by atoms with van der Waals surface area (Å²) in [5.74, 6) is 0.750. The number of rotatable bonds is 11. The molecule has 37 heavy (non-hydrogen) atoms. The van der Waals surface area contributed by atoms with Gasteiger partial charge in [0.25, 0.3) is 0 Å². The van der Waals surface area contributed by atoms with Gasteiger partial charge in [-0.25, -0.2) is 14.6 Å². The summed E-state index contributed by atoms with van der Waals surface area (Å²) in [7, 11) is -1.60. The molecule has 3 aromatic rings. The quantitative estimate of drug-likeness (QED) is 0.269. The van der Waals surface area contributed by atoms with Crippen LogP contribution >= 0.6 is 8.53 Å². The molecule has 2 aromatic heterocycles. The number of nitrogens with one attached hydrogen (secondary N) is 1. The van der Waals surface area contributed by atoms with Gasteiger partial charge in [-0.05, 0) is 54.5 Å². The number of hydrogen-bond acceptors (Lipinski definition) is 9. The van der Waals surface area contributed by atoms with Crippen LogP contribution in [0.5, 0.6) is 5.75 Å². The zero-order valence-electron chi connectivity index (χ0n) is 21.8. The summed E-state index contributed by atoms with van der Waals surface area (Å²) in [5, 5.41) is 7.39. The molecule has 3 N–H and O–H groups in total. The fraction of sp³-hybridized carbons (Fsp3) is 0.500. The summed E-state index contributed by atoms with van der Waals surface area (Å²) in [6.45, 7) is 9.14. The van der Waals surface area contributed by atoms with Crippen LogP contribution in [0.4, 0.5) is 5.82 Å². The number of aromatic nitrogens is 3. The van der Waals surface area contributed by atoms with Crippen LogP contribution < -0.4 is 15.3 Å². The van der Waals surface area contributed by atoms with Gasteiger partial charge < -0.3 is 24.3 Å². The number of benzene rings is 1. The first-order valence-corrected chi connectivity index (χ1v) is 13.8. The predicted octanol–water partition coefficient (Wildman–Crippen LogP) is 4.69. The molecule has 0 amide bonds. The summed E-state index contributed by atoms with van der Waals surface area (Å²) in [6, 6.07) is 11.8. The van der Waals surface area contributed by atoms with Crippen molar-refractivity contribution in [2.24, 2.45) is 0 Å². The number of anilines is 1. The van der Waals surface area contributed by atoms with Gasteiger partial charge in [0.15, 0.2) is 5.82 Å². The number of nitrogen functional groups attached to an aromatic ring is 1. The van der Waals surface area contributed by atoms with Gasteiger partial charge in [0.05, 0.1) is 25.0 Å². The van der Waals surface area contributed by atoms with E-state index in [1.165, 1.54) is 11.9 Å². The van der Waals surface area contributed by atoms with E-state index >= 15 is 0 Å². The molecule has 1 aliphatic rings. The Morgan fingerprint density at radius 3 is 2.73 bits per heavy atom. The summed E-state index contributed by atoms with van der Waals surface area (Å²) in [4.78, 5) is 16.1. The van der Waals surface area contributed by atoms with Crippen molar-refractivity contribution in [3.05, 3.63) is 54.0 Å². The Balaban J connectivity index is 1.36. The molecule has 10 nitrogen and oxygen atoms in total. The number of hydrogen-bond donors (Lipinski definition) is 2. The number of esters is 1. The molecule has 11 heteroatoms. The lowest BCUT2D eigenvalue weighted by molar-refractivity contribution is -0.142. The van der Waals surface area contributed by atoms with Crippen molar-refractivity contribution < 1.29 is 23.3 Å². The normalized spacial score (nSPS) is 18.7. The number of carbonyl (C=O) groups is 1. The van der Waals surface area contributed by atoms with Gasteiger partial charge in [0, 0.05) is 0 Å². The van der Waals surface area contributed by atoms with Crippen molar-refractivity contribution in [1.29, 1.82) is 0 Å². The Morgan fingerprint density at radius 1 is 1.22 bits per heavy atom.